The SMILES string of the molecule is CCc1nn(CC)c(CC(=O)c2ccc(Cl)c(N)c2)c1Cl. The molecule has 0 bridgehead atoms. The predicted molar refractivity (Wildman–Crippen MR) is 86.2 cm³/mol. The van der Waals surface area contributed by atoms with Crippen LogP contribution in [-0.2, 0) is 19.4 Å². The molecule has 0 aliphatic rings. The van der Waals surface area contributed by atoms with Crippen LogP contribution in [-0.4, -0.2) is 15.6 Å². The molecule has 1 aromatic heterocycles. The molecular formula is C15H17Cl2N3O. The second-order valence-electron chi connectivity index (χ2n) is 4.71. The van der Waals surface area contributed by atoms with Gasteiger partial charge in [0.05, 0.1) is 33.5 Å². The third-order valence-corrected chi connectivity index (χ3v) is 4.12. The Hall–Kier alpha value is -1.52. The van der Waals surface area contributed by atoms with E-state index in [4.69, 9.17) is 28.9 Å². The summed E-state index contributed by atoms with van der Waals surface area (Å²) in [6.45, 7) is 4.63. The van der Waals surface area contributed by atoms with Gasteiger partial charge in [0.1, 0.15) is 0 Å². The van der Waals surface area contributed by atoms with Gasteiger partial charge in [-0.15, -0.1) is 0 Å². The van der Waals surface area contributed by atoms with Crippen molar-refractivity contribution in [1.29, 1.82) is 0 Å². The Bertz CT molecular complexity index is 680. The molecule has 0 saturated carbocycles. The molecule has 1 aromatic carbocycles. The molecule has 1 heterocycles. The van der Waals surface area contributed by atoms with Crippen molar-refractivity contribution in [2.75, 3.05) is 5.73 Å². The van der Waals surface area contributed by atoms with Gasteiger partial charge in [-0.1, -0.05) is 30.1 Å². The zero-order valence-corrected chi connectivity index (χ0v) is 13.5. The summed E-state index contributed by atoms with van der Waals surface area (Å²) in [5.74, 6) is -0.0579. The lowest BCUT2D eigenvalue weighted by atomic mass is 10.1. The molecule has 0 spiro atoms. The van der Waals surface area contributed by atoms with E-state index < -0.39 is 0 Å². The molecule has 0 radical (unpaired) electrons. The van der Waals surface area contributed by atoms with Gasteiger partial charge in [0.2, 0.25) is 0 Å². The van der Waals surface area contributed by atoms with Crippen LogP contribution >= 0.6 is 23.2 Å². The first-order valence-corrected chi connectivity index (χ1v) is 7.55. The Morgan fingerprint density at radius 2 is 2.05 bits per heavy atom. The summed E-state index contributed by atoms with van der Waals surface area (Å²) in [6, 6.07) is 4.88. The minimum Gasteiger partial charge on any atom is -0.398 e. The second-order valence-corrected chi connectivity index (χ2v) is 5.50. The van der Waals surface area contributed by atoms with E-state index >= 15 is 0 Å². The highest BCUT2D eigenvalue weighted by Crippen LogP contribution is 2.25. The summed E-state index contributed by atoms with van der Waals surface area (Å²) in [5.41, 5.74) is 8.22. The third-order valence-electron chi connectivity index (χ3n) is 3.34. The fraction of sp³-hybridized carbons (Fsp3) is 0.333. The van der Waals surface area contributed by atoms with E-state index in [1.807, 2.05) is 13.8 Å². The minimum absolute atomic E-state index is 0.0579. The first-order chi connectivity index (χ1) is 9.97. The van der Waals surface area contributed by atoms with E-state index in [9.17, 15) is 4.79 Å². The summed E-state index contributed by atoms with van der Waals surface area (Å²) in [6.07, 6.45) is 0.932. The normalized spacial score (nSPS) is 10.9. The van der Waals surface area contributed by atoms with Crippen molar-refractivity contribution >= 4 is 34.7 Å². The quantitative estimate of drug-likeness (QED) is 0.672. The van der Waals surface area contributed by atoms with E-state index in [-0.39, 0.29) is 12.2 Å². The molecule has 2 N–H and O–H groups in total. The Balaban J connectivity index is 2.31. The lowest BCUT2D eigenvalue weighted by molar-refractivity contribution is 0.0990. The lowest BCUT2D eigenvalue weighted by Crippen LogP contribution is -2.10. The van der Waals surface area contributed by atoms with Crippen LogP contribution in [0.25, 0.3) is 0 Å². The molecule has 0 atom stereocenters. The Labute approximate surface area is 133 Å². The van der Waals surface area contributed by atoms with Gasteiger partial charge in [0, 0.05) is 12.1 Å². The molecule has 2 rings (SSSR count). The van der Waals surface area contributed by atoms with E-state index in [0.29, 0.717) is 27.8 Å². The number of halogens is 2. The van der Waals surface area contributed by atoms with Crippen molar-refractivity contribution in [3.05, 3.63) is 45.2 Å². The summed E-state index contributed by atoms with van der Waals surface area (Å²) >= 11 is 12.2. The van der Waals surface area contributed by atoms with E-state index in [1.54, 1.807) is 22.9 Å². The van der Waals surface area contributed by atoms with Crippen LogP contribution in [0, 0.1) is 0 Å². The molecule has 0 aliphatic carbocycles. The molecule has 0 unspecified atom stereocenters. The summed E-state index contributed by atoms with van der Waals surface area (Å²) in [4.78, 5) is 12.4. The highest BCUT2D eigenvalue weighted by molar-refractivity contribution is 6.33. The summed E-state index contributed by atoms with van der Waals surface area (Å²) < 4.78 is 1.78. The fourth-order valence-electron chi connectivity index (χ4n) is 2.16. The first kappa shape index (κ1) is 15.9. The molecule has 6 heteroatoms. The number of ketones is 1. The molecule has 112 valence electrons. The van der Waals surface area contributed by atoms with Gasteiger partial charge in [-0.05, 0) is 31.5 Å². The standard InChI is InChI=1S/C15H17Cl2N3O/c1-3-12-15(17)13(20(4-2)19-12)8-14(21)9-5-6-10(16)11(18)7-9/h5-7H,3-4,8,18H2,1-2H3. The monoisotopic (exact) mass is 325 g/mol. The largest absolute Gasteiger partial charge is 0.398 e. The predicted octanol–water partition coefficient (Wildman–Crippen LogP) is 3.78. The molecule has 4 nitrogen and oxygen atoms in total. The van der Waals surface area contributed by atoms with Crippen molar-refractivity contribution in [3.63, 3.8) is 0 Å². The van der Waals surface area contributed by atoms with Crippen molar-refractivity contribution in [3.8, 4) is 0 Å². The van der Waals surface area contributed by atoms with Crippen LogP contribution in [0.4, 0.5) is 5.69 Å². The highest BCUT2D eigenvalue weighted by atomic mass is 35.5. The number of aryl methyl sites for hydroxylation is 2. The van der Waals surface area contributed by atoms with Gasteiger partial charge in [-0.2, -0.15) is 5.10 Å². The van der Waals surface area contributed by atoms with Crippen molar-refractivity contribution in [1.82, 2.24) is 9.78 Å². The zero-order valence-electron chi connectivity index (χ0n) is 12.0. The van der Waals surface area contributed by atoms with Crippen molar-refractivity contribution in [2.45, 2.75) is 33.2 Å². The highest BCUT2D eigenvalue weighted by Gasteiger charge is 2.18. The molecule has 0 fully saturated rings. The number of rotatable bonds is 5. The summed E-state index contributed by atoms with van der Waals surface area (Å²) in [5, 5.41) is 5.43. The number of anilines is 1. The van der Waals surface area contributed by atoms with E-state index in [2.05, 4.69) is 5.10 Å². The van der Waals surface area contributed by atoms with Gasteiger partial charge in [-0.25, -0.2) is 0 Å². The van der Waals surface area contributed by atoms with Crippen LogP contribution in [0.2, 0.25) is 10.0 Å². The topological polar surface area (TPSA) is 60.9 Å². The van der Waals surface area contributed by atoms with Gasteiger partial charge >= 0.3 is 0 Å². The molecule has 2 aromatic rings. The maximum atomic E-state index is 12.4. The number of nitrogens with two attached hydrogens (primary N) is 1. The number of carbonyl (C=O) groups excluding carboxylic acids is 1. The lowest BCUT2D eigenvalue weighted by Gasteiger charge is -2.06. The van der Waals surface area contributed by atoms with Crippen LogP contribution in [0.5, 0.6) is 0 Å². The molecule has 0 saturated heterocycles. The van der Waals surface area contributed by atoms with Crippen LogP contribution < -0.4 is 5.73 Å². The number of Topliss-reactive ketones (excluding diaryl/α,β-unsaturated/α-hetero) is 1. The molecule has 0 amide bonds. The number of hydrogen-bond acceptors (Lipinski definition) is 3. The van der Waals surface area contributed by atoms with Gasteiger partial charge in [0.25, 0.3) is 0 Å². The van der Waals surface area contributed by atoms with Crippen molar-refractivity contribution < 1.29 is 4.79 Å². The number of aromatic nitrogens is 2. The maximum Gasteiger partial charge on any atom is 0.168 e. The number of nitrogens with zero attached hydrogens (tertiary/aromatic N) is 2. The van der Waals surface area contributed by atoms with E-state index in [0.717, 1.165) is 17.8 Å². The summed E-state index contributed by atoms with van der Waals surface area (Å²) in [7, 11) is 0. The van der Waals surface area contributed by atoms with Crippen molar-refractivity contribution in [2.24, 2.45) is 0 Å². The molecule has 0 aliphatic heterocycles. The number of carbonyl (C=O) groups is 1. The molecule has 21 heavy (non-hydrogen) atoms. The number of nitrogen functional groups attached to an aromatic ring is 1. The average Bonchev–Trinajstić information content (AvgIpc) is 2.78. The van der Waals surface area contributed by atoms with Crippen LogP contribution in [0.1, 0.15) is 35.6 Å². The fourth-order valence-corrected chi connectivity index (χ4v) is 2.61. The maximum absolute atomic E-state index is 12.4. The minimum atomic E-state index is -0.0579. The number of benzene rings is 1. The zero-order chi connectivity index (χ0) is 15.6. The first-order valence-electron chi connectivity index (χ1n) is 6.80. The van der Waals surface area contributed by atoms with Gasteiger partial charge in [0.15, 0.2) is 5.78 Å². The van der Waals surface area contributed by atoms with Gasteiger partial charge < -0.3 is 5.73 Å². The smallest absolute Gasteiger partial charge is 0.168 e. The van der Waals surface area contributed by atoms with Crippen LogP contribution in [0.3, 0.4) is 0 Å². The van der Waals surface area contributed by atoms with Crippen LogP contribution in [0.15, 0.2) is 18.2 Å². The number of hydrogen-bond donors (Lipinski definition) is 1. The molecular weight excluding hydrogens is 309 g/mol. The van der Waals surface area contributed by atoms with E-state index in [1.165, 1.54) is 0 Å². The van der Waals surface area contributed by atoms with Gasteiger partial charge in [-0.3, -0.25) is 9.48 Å². The third kappa shape index (κ3) is 3.22. The Morgan fingerprint density at radius 3 is 2.62 bits per heavy atom. The average molecular weight is 326 g/mol. The second kappa shape index (κ2) is 6.50. The Morgan fingerprint density at radius 1 is 1.33 bits per heavy atom. The Kier molecular flexibility index (Phi) is 4.91.